The topological polar surface area (TPSA) is 58.2 Å². The molecule has 19 heavy (non-hydrogen) atoms. The number of nitrogens with one attached hydrogen (secondary N) is 2. The number of amides is 2. The molecule has 1 atom stereocenters. The fourth-order valence-electron chi connectivity index (χ4n) is 2.58. The van der Waals surface area contributed by atoms with Gasteiger partial charge in [-0.05, 0) is 38.8 Å². The molecule has 4 nitrogen and oxygen atoms in total. The molecule has 1 unspecified atom stereocenters. The number of hydrogen-bond donors (Lipinski definition) is 2. The normalized spacial score (nSPS) is 22.2. The quantitative estimate of drug-likeness (QED) is 0.855. The molecule has 1 aliphatic rings. The molecule has 1 aromatic carbocycles. The van der Waals surface area contributed by atoms with E-state index in [2.05, 4.69) is 10.6 Å². The molecule has 1 aliphatic heterocycles. The van der Waals surface area contributed by atoms with Gasteiger partial charge in [0.05, 0.1) is 5.41 Å². The van der Waals surface area contributed by atoms with Gasteiger partial charge in [-0.15, -0.1) is 0 Å². The van der Waals surface area contributed by atoms with Crippen molar-refractivity contribution in [2.24, 2.45) is 5.41 Å². The molecular formula is C15H20N2O2. The van der Waals surface area contributed by atoms with Gasteiger partial charge in [-0.25, -0.2) is 0 Å². The van der Waals surface area contributed by atoms with Gasteiger partial charge < -0.3 is 10.6 Å². The van der Waals surface area contributed by atoms with Crippen molar-refractivity contribution >= 4 is 17.5 Å². The van der Waals surface area contributed by atoms with Crippen molar-refractivity contribution in [3.05, 3.63) is 28.8 Å². The first-order chi connectivity index (χ1) is 8.82. The summed E-state index contributed by atoms with van der Waals surface area (Å²) in [6.07, 6.45) is 0.253. The number of benzene rings is 1. The van der Waals surface area contributed by atoms with Gasteiger partial charge in [-0.3, -0.25) is 9.59 Å². The largest absolute Gasteiger partial charge is 0.355 e. The Morgan fingerprint density at radius 1 is 1.26 bits per heavy atom. The molecule has 1 aromatic rings. The highest BCUT2D eigenvalue weighted by Gasteiger charge is 2.40. The van der Waals surface area contributed by atoms with Crippen molar-refractivity contribution < 1.29 is 9.59 Å². The minimum absolute atomic E-state index is 0.0602. The van der Waals surface area contributed by atoms with Crippen molar-refractivity contribution in [2.45, 2.75) is 34.1 Å². The fraction of sp³-hybridized carbons (Fsp3) is 0.467. The van der Waals surface area contributed by atoms with Crippen LogP contribution >= 0.6 is 0 Å². The van der Waals surface area contributed by atoms with Crippen LogP contribution in [0, 0.1) is 26.2 Å². The Hall–Kier alpha value is -1.84. The molecule has 2 amide bonds. The standard InChI is InChI=1S/C15H20N2O2/c1-9-5-10(2)13(11(3)6-9)17-14(19)15(4)7-12(18)16-8-15/h5-6H,7-8H2,1-4H3,(H,16,18)(H,17,19). The Bertz CT molecular complexity index is 528. The second kappa shape index (κ2) is 4.68. The average Bonchev–Trinajstić information content (AvgIpc) is 2.65. The van der Waals surface area contributed by atoms with E-state index in [-0.39, 0.29) is 18.2 Å². The maximum Gasteiger partial charge on any atom is 0.232 e. The lowest BCUT2D eigenvalue weighted by Crippen LogP contribution is -2.35. The third-order valence-corrected chi connectivity index (χ3v) is 3.69. The zero-order valence-corrected chi connectivity index (χ0v) is 11.9. The molecule has 0 saturated carbocycles. The van der Waals surface area contributed by atoms with Gasteiger partial charge in [-0.1, -0.05) is 17.7 Å². The summed E-state index contributed by atoms with van der Waals surface area (Å²) in [7, 11) is 0. The van der Waals surface area contributed by atoms with E-state index < -0.39 is 5.41 Å². The zero-order chi connectivity index (χ0) is 14.2. The SMILES string of the molecule is Cc1cc(C)c(NC(=O)C2(C)CNC(=O)C2)c(C)c1. The predicted molar refractivity (Wildman–Crippen MR) is 75.0 cm³/mol. The molecule has 2 rings (SSSR count). The second-order valence-corrected chi connectivity index (χ2v) is 5.74. The molecule has 0 radical (unpaired) electrons. The van der Waals surface area contributed by atoms with Gasteiger partial charge in [0.15, 0.2) is 0 Å². The molecule has 0 spiro atoms. The van der Waals surface area contributed by atoms with Crippen LogP contribution in [0.2, 0.25) is 0 Å². The number of rotatable bonds is 2. The molecule has 2 N–H and O–H groups in total. The highest BCUT2D eigenvalue weighted by atomic mass is 16.2. The predicted octanol–water partition coefficient (Wildman–Crippen LogP) is 2.08. The van der Waals surface area contributed by atoms with Gasteiger partial charge in [0, 0.05) is 18.7 Å². The number of aryl methyl sites for hydroxylation is 3. The van der Waals surface area contributed by atoms with Crippen molar-refractivity contribution in [1.29, 1.82) is 0 Å². The summed E-state index contributed by atoms with van der Waals surface area (Å²) in [4.78, 5) is 23.7. The minimum Gasteiger partial charge on any atom is -0.355 e. The van der Waals surface area contributed by atoms with Crippen molar-refractivity contribution in [3.63, 3.8) is 0 Å². The third kappa shape index (κ3) is 2.62. The summed E-state index contributed by atoms with van der Waals surface area (Å²) in [5.74, 6) is -0.157. The summed E-state index contributed by atoms with van der Waals surface area (Å²) in [6.45, 7) is 8.22. The third-order valence-electron chi connectivity index (χ3n) is 3.69. The summed E-state index contributed by atoms with van der Waals surface area (Å²) < 4.78 is 0. The number of carbonyl (C=O) groups excluding carboxylic acids is 2. The van der Waals surface area contributed by atoms with Crippen LogP contribution in [0.5, 0.6) is 0 Å². The minimum atomic E-state index is -0.652. The van der Waals surface area contributed by atoms with Crippen LogP contribution in [0.25, 0.3) is 0 Å². The Balaban J connectivity index is 2.22. The van der Waals surface area contributed by atoms with Crippen LogP contribution in [0.15, 0.2) is 12.1 Å². The number of carbonyl (C=O) groups is 2. The number of anilines is 1. The fourth-order valence-corrected chi connectivity index (χ4v) is 2.58. The molecule has 0 aromatic heterocycles. The van der Waals surface area contributed by atoms with Gasteiger partial charge in [0.1, 0.15) is 0 Å². The maximum atomic E-state index is 12.4. The first kappa shape index (κ1) is 13.6. The Kier molecular flexibility index (Phi) is 3.35. The maximum absolute atomic E-state index is 12.4. The van der Waals surface area contributed by atoms with Gasteiger partial charge in [0.2, 0.25) is 11.8 Å². The van der Waals surface area contributed by atoms with E-state index in [4.69, 9.17) is 0 Å². The first-order valence-electron chi connectivity index (χ1n) is 6.48. The highest BCUT2D eigenvalue weighted by Crippen LogP contribution is 2.29. The van der Waals surface area contributed by atoms with E-state index in [0.717, 1.165) is 16.8 Å². The molecule has 0 aliphatic carbocycles. The molecule has 102 valence electrons. The average molecular weight is 260 g/mol. The molecule has 1 heterocycles. The molecule has 0 bridgehead atoms. The molecule has 1 fully saturated rings. The van der Waals surface area contributed by atoms with E-state index in [9.17, 15) is 9.59 Å². The van der Waals surface area contributed by atoms with Crippen LogP contribution in [0.4, 0.5) is 5.69 Å². The van der Waals surface area contributed by atoms with Gasteiger partial charge in [-0.2, -0.15) is 0 Å². The van der Waals surface area contributed by atoms with Crippen LogP contribution in [-0.4, -0.2) is 18.4 Å². The van der Waals surface area contributed by atoms with Crippen LogP contribution in [0.1, 0.15) is 30.0 Å². The lowest BCUT2D eigenvalue weighted by atomic mass is 9.88. The van der Waals surface area contributed by atoms with E-state index in [1.807, 2.05) is 39.8 Å². The van der Waals surface area contributed by atoms with Gasteiger partial charge >= 0.3 is 0 Å². The van der Waals surface area contributed by atoms with E-state index in [1.165, 1.54) is 5.56 Å². The summed E-state index contributed by atoms with van der Waals surface area (Å²) >= 11 is 0. The van der Waals surface area contributed by atoms with Gasteiger partial charge in [0.25, 0.3) is 0 Å². The van der Waals surface area contributed by atoms with Crippen molar-refractivity contribution in [1.82, 2.24) is 5.32 Å². The van der Waals surface area contributed by atoms with Crippen LogP contribution in [-0.2, 0) is 9.59 Å². The summed E-state index contributed by atoms with van der Waals surface area (Å²) in [6, 6.07) is 4.09. The monoisotopic (exact) mass is 260 g/mol. The van der Waals surface area contributed by atoms with Crippen LogP contribution < -0.4 is 10.6 Å². The van der Waals surface area contributed by atoms with E-state index in [0.29, 0.717) is 6.54 Å². The Labute approximate surface area is 113 Å². The summed E-state index contributed by atoms with van der Waals surface area (Å²) in [5.41, 5.74) is 3.48. The molecule has 4 heteroatoms. The lowest BCUT2D eigenvalue weighted by Gasteiger charge is -2.22. The Morgan fingerprint density at radius 2 is 1.84 bits per heavy atom. The van der Waals surface area contributed by atoms with E-state index >= 15 is 0 Å². The van der Waals surface area contributed by atoms with Crippen molar-refractivity contribution in [3.8, 4) is 0 Å². The van der Waals surface area contributed by atoms with Crippen molar-refractivity contribution in [2.75, 3.05) is 11.9 Å². The smallest absolute Gasteiger partial charge is 0.232 e. The zero-order valence-electron chi connectivity index (χ0n) is 11.9. The second-order valence-electron chi connectivity index (χ2n) is 5.74. The highest BCUT2D eigenvalue weighted by molar-refractivity contribution is 6.00. The lowest BCUT2D eigenvalue weighted by molar-refractivity contribution is -0.126. The number of hydrogen-bond acceptors (Lipinski definition) is 2. The Morgan fingerprint density at radius 3 is 2.32 bits per heavy atom. The van der Waals surface area contributed by atoms with E-state index in [1.54, 1.807) is 0 Å². The first-order valence-corrected chi connectivity index (χ1v) is 6.48. The van der Waals surface area contributed by atoms with Crippen LogP contribution in [0.3, 0.4) is 0 Å². The molecular weight excluding hydrogens is 240 g/mol. The summed E-state index contributed by atoms with van der Waals surface area (Å²) in [5, 5.41) is 5.69. The molecule has 1 saturated heterocycles.